The van der Waals surface area contributed by atoms with Crippen molar-refractivity contribution in [3.63, 3.8) is 0 Å². The van der Waals surface area contributed by atoms with Gasteiger partial charge in [-0.1, -0.05) is 66.2 Å². The number of amides is 2. The van der Waals surface area contributed by atoms with Crippen LogP contribution >= 0.6 is 11.6 Å². The number of nitrogens with zero attached hydrogens (tertiary/aromatic N) is 2. The minimum absolute atomic E-state index is 0.186. The molecule has 8 nitrogen and oxygen atoms in total. The number of carbonyl (C=O) groups excluding carboxylic acids is 4. The number of ether oxygens (including phenoxy) is 2. The predicted molar refractivity (Wildman–Crippen MR) is 186 cm³/mol. The lowest BCUT2D eigenvalue weighted by Crippen LogP contribution is -2.30. The molecule has 2 amide bonds. The molecule has 1 aliphatic heterocycles. The van der Waals surface area contributed by atoms with E-state index in [-0.39, 0.29) is 35.0 Å². The van der Waals surface area contributed by atoms with Gasteiger partial charge in [0.25, 0.3) is 0 Å². The molecular formula is C40H31ClN2O6. The molecule has 7 rings (SSSR count). The quantitative estimate of drug-likeness (QED) is 0.0677. The van der Waals surface area contributed by atoms with Gasteiger partial charge in [0.15, 0.2) is 6.10 Å². The molecule has 1 aromatic heterocycles. The second-order valence-corrected chi connectivity index (χ2v) is 12.6. The van der Waals surface area contributed by atoms with Crippen LogP contribution in [0.15, 0.2) is 115 Å². The summed E-state index contributed by atoms with van der Waals surface area (Å²) in [6.07, 6.45) is 3.96. The number of imide groups is 1. The third-order valence-electron chi connectivity index (χ3n) is 8.96. The van der Waals surface area contributed by atoms with E-state index in [4.69, 9.17) is 26.1 Å². The molecule has 3 atom stereocenters. The van der Waals surface area contributed by atoms with Gasteiger partial charge in [0.05, 0.1) is 34.3 Å². The third kappa shape index (κ3) is 6.47. The van der Waals surface area contributed by atoms with Crippen molar-refractivity contribution in [2.24, 2.45) is 11.8 Å². The molecule has 0 saturated carbocycles. The average molecular weight is 671 g/mol. The van der Waals surface area contributed by atoms with Gasteiger partial charge in [-0.25, -0.2) is 9.78 Å². The number of hydrogen-bond acceptors (Lipinski definition) is 7. The zero-order valence-corrected chi connectivity index (χ0v) is 27.3. The van der Waals surface area contributed by atoms with Crippen molar-refractivity contribution in [3.8, 4) is 17.0 Å². The molecule has 2 heterocycles. The zero-order valence-electron chi connectivity index (χ0n) is 26.5. The second kappa shape index (κ2) is 13.5. The first-order valence-electron chi connectivity index (χ1n) is 16.0. The highest BCUT2D eigenvalue weighted by Crippen LogP contribution is 2.38. The fourth-order valence-corrected chi connectivity index (χ4v) is 6.49. The summed E-state index contributed by atoms with van der Waals surface area (Å²) in [7, 11) is 0. The Morgan fingerprint density at radius 1 is 0.857 bits per heavy atom. The van der Waals surface area contributed by atoms with Gasteiger partial charge in [-0.3, -0.25) is 19.3 Å². The first-order valence-corrected chi connectivity index (χ1v) is 16.4. The van der Waals surface area contributed by atoms with Crippen molar-refractivity contribution in [2.75, 3.05) is 4.90 Å². The molecule has 3 unspecified atom stereocenters. The fourth-order valence-electron chi connectivity index (χ4n) is 6.32. The van der Waals surface area contributed by atoms with E-state index < -0.39 is 12.1 Å². The van der Waals surface area contributed by atoms with E-state index in [0.717, 1.165) is 5.56 Å². The summed E-state index contributed by atoms with van der Waals surface area (Å²) >= 11 is 6.30. The topological polar surface area (TPSA) is 103 Å². The highest BCUT2D eigenvalue weighted by molar-refractivity contribution is 6.31. The molecular weight excluding hydrogens is 640 g/mol. The van der Waals surface area contributed by atoms with Crippen LogP contribution in [0.1, 0.15) is 46.0 Å². The Labute approximate surface area is 287 Å². The molecule has 5 aromatic rings. The SMILES string of the molecule is CC(OC(=O)c1cc(-c2ccc(N3C(=O)C4CC=CCC4C3=O)cc2)nc2ccc(Cl)cc12)C(=O)c1ccc(OCc2ccccc2)cc1. The lowest BCUT2D eigenvalue weighted by atomic mass is 9.85. The maximum absolute atomic E-state index is 13.6. The lowest BCUT2D eigenvalue weighted by molar-refractivity contribution is -0.122. The molecule has 49 heavy (non-hydrogen) atoms. The molecule has 4 aromatic carbocycles. The van der Waals surface area contributed by atoms with Crippen LogP contribution in [-0.4, -0.2) is 34.7 Å². The molecule has 0 bridgehead atoms. The monoisotopic (exact) mass is 670 g/mol. The van der Waals surface area contributed by atoms with Crippen LogP contribution in [0.2, 0.25) is 5.02 Å². The zero-order chi connectivity index (χ0) is 34.1. The minimum atomic E-state index is -1.08. The lowest BCUT2D eigenvalue weighted by Gasteiger charge is -2.16. The smallest absolute Gasteiger partial charge is 0.339 e. The number of anilines is 1. The number of carbonyl (C=O) groups is 4. The Bertz CT molecular complexity index is 2090. The predicted octanol–water partition coefficient (Wildman–Crippen LogP) is 8.02. The largest absolute Gasteiger partial charge is 0.489 e. The van der Waals surface area contributed by atoms with E-state index in [9.17, 15) is 19.2 Å². The Hall–Kier alpha value is -5.60. The van der Waals surface area contributed by atoms with E-state index in [1.807, 2.05) is 42.5 Å². The van der Waals surface area contributed by atoms with Crippen molar-refractivity contribution in [2.45, 2.75) is 32.5 Å². The van der Waals surface area contributed by atoms with Gasteiger partial charge in [-0.15, -0.1) is 0 Å². The number of aromatic nitrogens is 1. The molecule has 0 radical (unpaired) electrons. The maximum Gasteiger partial charge on any atom is 0.339 e. The van der Waals surface area contributed by atoms with Crippen molar-refractivity contribution in [3.05, 3.63) is 137 Å². The maximum atomic E-state index is 13.6. The number of rotatable bonds is 9. The summed E-state index contributed by atoms with van der Waals surface area (Å²) in [5.74, 6) is -1.49. The van der Waals surface area contributed by atoms with Gasteiger partial charge < -0.3 is 9.47 Å². The number of halogens is 1. The summed E-state index contributed by atoms with van der Waals surface area (Å²) in [6.45, 7) is 1.93. The third-order valence-corrected chi connectivity index (χ3v) is 9.19. The number of hydrogen-bond donors (Lipinski definition) is 0. The summed E-state index contributed by atoms with van der Waals surface area (Å²) in [6, 6.07) is 30.0. The van der Waals surface area contributed by atoms with Gasteiger partial charge >= 0.3 is 5.97 Å². The van der Waals surface area contributed by atoms with Gasteiger partial charge in [-0.05, 0) is 86.0 Å². The van der Waals surface area contributed by atoms with Crippen LogP contribution in [0.4, 0.5) is 5.69 Å². The Morgan fingerprint density at radius 2 is 1.53 bits per heavy atom. The molecule has 0 spiro atoms. The van der Waals surface area contributed by atoms with Crippen molar-refractivity contribution in [1.82, 2.24) is 4.98 Å². The van der Waals surface area contributed by atoms with Gasteiger partial charge in [-0.2, -0.15) is 0 Å². The highest BCUT2D eigenvalue weighted by atomic mass is 35.5. The summed E-state index contributed by atoms with van der Waals surface area (Å²) < 4.78 is 11.5. The van der Waals surface area contributed by atoms with E-state index >= 15 is 0 Å². The minimum Gasteiger partial charge on any atom is -0.489 e. The molecule has 1 fully saturated rings. The standard InChI is InChI=1S/C40H31ClN2O6/c1-24(37(44)27-13-18-30(19-14-27)48-23-25-7-3-2-4-8-25)49-40(47)34-22-36(42-35-20-15-28(41)21-33(34)35)26-11-16-29(17-12-26)43-38(45)31-9-5-6-10-32(31)39(43)46/h2-8,11-22,24,31-32H,9-10,23H2,1H3. The van der Waals surface area contributed by atoms with E-state index in [0.29, 0.717) is 63.6 Å². The number of ketones is 1. The van der Waals surface area contributed by atoms with Crippen LogP contribution in [0.5, 0.6) is 5.75 Å². The van der Waals surface area contributed by atoms with Crippen molar-refractivity contribution < 1.29 is 28.7 Å². The summed E-state index contributed by atoms with van der Waals surface area (Å²) in [5.41, 5.74) is 3.71. The highest BCUT2D eigenvalue weighted by Gasteiger charge is 2.47. The first kappa shape index (κ1) is 32.0. The van der Waals surface area contributed by atoms with E-state index in [1.165, 1.54) is 11.8 Å². The van der Waals surface area contributed by atoms with Gasteiger partial charge in [0.2, 0.25) is 17.6 Å². The molecule has 244 valence electrons. The fraction of sp³-hybridized carbons (Fsp3) is 0.175. The number of pyridine rings is 1. The Balaban J connectivity index is 1.09. The Kier molecular flexibility index (Phi) is 8.80. The summed E-state index contributed by atoms with van der Waals surface area (Å²) in [4.78, 5) is 59.1. The van der Waals surface area contributed by atoms with Crippen LogP contribution in [0, 0.1) is 11.8 Å². The second-order valence-electron chi connectivity index (χ2n) is 12.1. The normalized spacial score (nSPS) is 17.6. The number of allylic oxidation sites excluding steroid dienone is 2. The first-order chi connectivity index (χ1) is 23.8. The van der Waals surface area contributed by atoms with Gasteiger partial charge in [0.1, 0.15) is 12.4 Å². The van der Waals surface area contributed by atoms with E-state index in [2.05, 4.69) is 0 Å². The van der Waals surface area contributed by atoms with Crippen LogP contribution < -0.4 is 9.64 Å². The average Bonchev–Trinajstić information content (AvgIpc) is 3.39. The van der Waals surface area contributed by atoms with Crippen LogP contribution in [0.3, 0.4) is 0 Å². The summed E-state index contributed by atoms with van der Waals surface area (Å²) in [5, 5.41) is 0.886. The van der Waals surface area contributed by atoms with Crippen molar-refractivity contribution in [1.29, 1.82) is 0 Å². The molecule has 0 N–H and O–H groups in total. The molecule has 1 saturated heterocycles. The Morgan fingerprint density at radius 3 is 2.20 bits per heavy atom. The molecule has 9 heteroatoms. The molecule has 1 aliphatic carbocycles. The van der Waals surface area contributed by atoms with Crippen molar-refractivity contribution >= 4 is 51.8 Å². The number of fused-ring (bicyclic) bond motifs is 2. The molecule has 2 aliphatic rings. The van der Waals surface area contributed by atoms with Gasteiger partial charge in [0, 0.05) is 21.5 Å². The number of esters is 1. The van der Waals surface area contributed by atoms with Crippen LogP contribution in [0.25, 0.3) is 22.2 Å². The van der Waals surface area contributed by atoms with Crippen LogP contribution in [-0.2, 0) is 20.9 Å². The number of benzene rings is 4. The van der Waals surface area contributed by atoms with E-state index in [1.54, 1.807) is 72.8 Å². The number of Topliss-reactive ketones (excluding diaryl/α,β-unsaturated/α-hetero) is 1.